The van der Waals surface area contributed by atoms with Gasteiger partial charge in [-0.15, -0.1) is 11.8 Å². The van der Waals surface area contributed by atoms with E-state index in [2.05, 4.69) is 59.5 Å². The first-order chi connectivity index (χ1) is 33.3. The molecule has 2 fully saturated rings. The zero-order valence-corrected chi connectivity index (χ0v) is 43.8. The highest BCUT2D eigenvalue weighted by Gasteiger charge is 2.48. The molecule has 1 unspecified atom stereocenters. The molecule has 71 heavy (non-hydrogen) atoms. The Kier molecular flexibility index (Phi) is 17.0. The van der Waals surface area contributed by atoms with E-state index >= 15 is 8.78 Å². The number of allylic oxidation sites excluding steroid dienone is 1. The summed E-state index contributed by atoms with van der Waals surface area (Å²) in [6.45, 7) is 17.6. The Morgan fingerprint density at radius 3 is 2.04 bits per heavy atom. The van der Waals surface area contributed by atoms with Gasteiger partial charge in [-0.25, -0.2) is 30.3 Å². The van der Waals surface area contributed by atoms with Gasteiger partial charge in [0.05, 0.1) is 10.6 Å². The molecule has 1 amide bonds. The zero-order chi connectivity index (χ0) is 51.5. The van der Waals surface area contributed by atoms with Crippen molar-refractivity contribution in [1.29, 1.82) is 0 Å². The van der Waals surface area contributed by atoms with Gasteiger partial charge in [0, 0.05) is 110 Å². The zero-order valence-electron chi connectivity index (χ0n) is 40.6. The van der Waals surface area contributed by atoms with E-state index in [0.717, 1.165) is 73.0 Å². The highest BCUT2D eigenvalue weighted by molar-refractivity contribution is 7.99. The van der Waals surface area contributed by atoms with Crippen molar-refractivity contribution < 1.29 is 43.6 Å². The maximum Gasteiger partial charge on any atom is 0.501 e. The number of anilines is 2. The van der Waals surface area contributed by atoms with Crippen LogP contribution in [0.3, 0.4) is 0 Å². The number of amides is 1. The first kappa shape index (κ1) is 54.5. The van der Waals surface area contributed by atoms with Crippen LogP contribution in [-0.2, 0) is 19.9 Å². The molecule has 1 aliphatic carbocycles. The van der Waals surface area contributed by atoms with Crippen LogP contribution >= 0.6 is 23.4 Å². The quantitative estimate of drug-likeness (QED) is 0.0824. The van der Waals surface area contributed by atoms with Gasteiger partial charge in [0.2, 0.25) is 0 Å². The van der Waals surface area contributed by atoms with Crippen LogP contribution in [0.5, 0.6) is 0 Å². The standard InChI is InChI=1S/C51H62ClF5N6O5S3/c1-49(2,3)63-27-23-60(24-28-63)20-18-38(34-69-40-9-7-6-8-10-40)58-45-16-15-41(31-46(45)70(65,66)51(55,56)57)71(67,68)59-48(64)35-11-13-39(14-12-35)62-25-21-61(22-26-62)33-36-32-50(4,5)19-17-42(36)47-43(53)29-37(52)30-44(47)54/h6-16,29-31,38,58H,17-28,32-34H2,1-5H3,(H,59,64). The first-order valence-corrected chi connectivity index (χ1v) is 28.0. The number of thioether (sulfide) groups is 1. The number of hydrogen-bond donors (Lipinski definition) is 2. The Morgan fingerprint density at radius 1 is 0.817 bits per heavy atom. The van der Waals surface area contributed by atoms with E-state index < -0.39 is 64.4 Å². The molecule has 20 heteroatoms. The minimum atomic E-state index is -6.09. The van der Waals surface area contributed by atoms with Crippen LogP contribution in [0.2, 0.25) is 5.02 Å². The predicted octanol–water partition coefficient (Wildman–Crippen LogP) is 10.2. The number of piperazine rings is 2. The van der Waals surface area contributed by atoms with E-state index in [1.54, 1.807) is 12.1 Å². The SMILES string of the molecule is CC1(C)CCC(c2c(F)cc(Cl)cc2F)=C(CN2CCN(c3ccc(C(=O)NS(=O)(=O)c4ccc(NC(CCN5CCN(C(C)(C)C)CC5)CSc5ccccc5)c(S(=O)(=O)C(F)(F)F)c4)cc3)CC2)C1. The van der Waals surface area contributed by atoms with Crippen LogP contribution in [0.25, 0.3) is 5.57 Å². The van der Waals surface area contributed by atoms with E-state index in [-0.39, 0.29) is 27.1 Å². The summed E-state index contributed by atoms with van der Waals surface area (Å²) >= 11 is 7.38. The minimum Gasteiger partial charge on any atom is -0.380 e. The van der Waals surface area contributed by atoms with Crippen molar-refractivity contribution >= 4 is 66.1 Å². The number of sulfone groups is 1. The molecule has 386 valence electrons. The average Bonchev–Trinajstić information content (AvgIpc) is 3.30. The maximum atomic E-state index is 15.1. The molecule has 2 heterocycles. The molecule has 1 atom stereocenters. The number of sulfonamides is 1. The highest BCUT2D eigenvalue weighted by atomic mass is 35.5. The Morgan fingerprint density at radius 2 is 1.44 bits per heavy atom. The van der Waals surface area contributed by atoms with Crippen LogP contribution in [0.1, 0.15) is 76.2 Å². The molecule has 7 rings (SSSR count). The molecule has 0 radical (unpaired) electrons. The van der Waals surface area contributed by atoms with Gasteiger partial charge in [0.15, 0.2) is 0 Å². The van der Waals surface area contributed by atoms with Crippen LogP contribution in [-0.4, -0.2) is 126 Å². The summed E-state index contributed by atoms with van der Waals surface area (Å²) in [6.07, 6.45) is 2.45. The Balaban J connectivity index is 1.02. The van der Waals surface area contributed by atoms with Crippen molar-refractivity contribution in [3.05, 3.63) is 118 Å². The number of carbonyl (C=O) groups is 1. The molecule has 2 saturated heterocycles. The monoisotopic (exact) mass is 1060 g/mol. The van der Waals surface area contributed by atoms with Crippen LogP contribution in [0.4, 0.5) is 33.3 Å². The molecule has 2 aliphatic heterocycles. The van der Waals surface area contributed by atoms with Crippen LogP contribution in [0, 0.1) is 17.0 Å². The smallest absolute Gasteiger partial charge is 0.380 e. The molecular weight excluding hydrogens is 1000 g/mol. The number of rotatable bonds is 16. The van der Waals surface area contributed by atoms with Gasteiger partial charge in [-0.05, 0) is 124 Å². The van der Waals surface area contributed by atoms with E-state index in [1.165, 1.54) is 23.9 Å². The van der Waals surface area contributed by atoms with Gasteiger partial charge in [-0.3, -0.25) is 14.6 Å². The number of hydrogen-bond acceptors (Lipinski definition) is 11. The van der Waals surface area contributed by atoms with E-state index in [4.69, 9.17) is 11.6 Å². The molecule has 4 aromatic carbocycles. The summed E-state index contributed by atoms with van der Waals surface area (Å²) in [5.41, 5.74) is -3.88. The van der Waals surface area contributed by atoms with Crippen LogP contribution in [0.15, 0.2) is 105 Å². The fourth-order valence-corrected chi connectivity index (χ4v) is 12.6. The summed E-state index contributed by atoms with van der Waals surface area (Å²) < 4.78 is 129. The summed E-state index contributed by atoms with van der Waals surface area (Å²) in [4.78, 5) is 21.2. The molecule has 0 spiro atoms. The molecule has 0 bridgehead atoms. The number of halogens is 6. The molecule has 0 saturated carbocycles. The minimum absolute atomic E-state index is 0.00236. The summed E-state index contributed by atoms with van der Waals surface area (Å²) in [6, 6.07) is 19.7. The lowest BCUT2D eigenvalue weighted by Crippen LogP contribution is -2.53. The molecular formula is C51H62ClF5N6O5S3. The number of nitrogens with one attached hydrogen (secondary N) is 2. The van der Waals surface area contributed by atoms with E-state index in [0.29, 0.717) is 75.9 Å². The van der Waals surface area contributed by atoms with Gasteiger partial charge in [-0.1, -0.05) is 49.2 Å². The van der Waals surface area contributed by atoms with Crippen LogP contribution < -0.4 is 14.9 Å². The molecule has 2 N–H and O–H groups in total. The molecule has 3 aliphatic rings. The lowest BCUT2D eigenvalue weighted by atomic mass is 9.72. The van der Waals surface area contributed by atoms with Crippen molar-refractivity contribution in [2.45, 2.75) is 92.1 Å². The number of alkyl halides is 3. The third kappa shape index (κ3) is 13.7. The van der Waals surface area contributed by atoms with Crippen molar-refractivity contribution in [3.8, 4) is 0 Å². The van der Waals surface area contributed by atoms with E-state index in [9.17, 15) is 34.8 Å². The lowest BCUT2D eigenvalue weighted by Gasteiger charge is -2.42. The van der Waals surface area contributed by atoms with Gasteiger partial charge in [0.1, 0.15) is 16.5 Å². The topological polar surface area (TPSA) is 122 Å². The second-order valence-corrected chi connectivity index (χ2v) is 25.4. The van der Waals surface area contributed by atoms with Gasteiger partial charge in [-0.2, -0.15) is 13.2 Å². The first-order valence-electron chi connectivity index (χ1n) is 23.7. The number of nitrogens with zero attached hydrogens (tertiary/aromatic N) is 4. The Labute approximate surface area is 424 Å². The van der Waals surface area contributed by atoms with E-state index in [1.807, 2.05) is 35.1 Å². The Hall–Kier alpha value is -4.24. The maximum absolute atomic E-state index is 15.1. The fourth-order valence-electron chi connectivity index (χ4n) is 9.44. The summed E-state index contributed by atoms with van der Waals surface area (Å²) in [5, 5.41) is 3.02. The summed E-state index contributed by atoms with van der Waals surface area (Å²) in [7, 11) is -11.0. The highest BCUT2D eigenvalue weighted by Crippen LogP contribution is 2.44. The van der Waals surface area contributed by atoms with Gasteiger partial charge in [0.25, 0.3) is 25.8 Å². The van der Waals surface area contributed by atoms with Crippen molar-refractivity contribution in [2.75, 3.05) is 81.4 Å². The normalized spacial score (nSPS) is 18.4. The third-order valence-electron chi connectivity index (χ3n) is 13.5. The van der Waals surface area contributed by atoms with Gasteiger partial charge < -0.3 is 15.1 Å². The van der Waals surface area contributed by atoms with Crippen molar-refractivity contribution in [2.24, 2.45) is 5.41 Å². The second kappa shape index (κ2) is 22.1. The fraction of sp³-hybridized carbons (Fsp3) is 0.471. The van der Waals surface area contributed by atoms with Crippen molar-refractivity contribution in [1.82, 2.24) is 19.4 Å². The average molecular weight is 1070 g/mol. The lowest BCUT2D eigenvalue weighted by molar-refractivity contribution is -0.0435. The predicted molar refractivity (Wildman–Crippen MR) is 272 cm³/mol. The molecule has 11 nitrogen and oxygen atoms in total. The molecule has 0 aromatic heterocycles. The second-order valence-electron chi connectivity index (χ2n) is 20.3. The van der Waals surface area contributed by atoms with Crippen molar-refractivity contribution in [3.63, 3.8) is 0 Å². The largest absolute Gasteiger partial charge is 0.501 e. The van der Waals surface area contributed by atoms with Gasteiger partial charge >= 0.3 is 5.51 Å². The Bertz CT molecular complexity index is 2770. The third-order valence-corrected chi connectivity index (χ3v) is 17.8. The molecule has 4 aromatic rings. The number of benzene rings is 4. The summed E-state index contributed by atoms with van der Waals surface area (Å²) in [5.74, 6) is -2.07. The number of carbonyl (C=O) groups excluding carboxylic acids is 1.